The number of sulfonamides is 1. The van der Waals surface area contributed by atoms with Crippen molar-refractivity contribution in [3.63, 3.8) is 0 Å². The van der Waals surface area contributed by atoms with E-state index in [4.69, 9.17) is 0 Å². The lowest BCUT2D eigenvalue weighted by molar-refractivity contribution is -0.117. The summed E-state index contributed by atoms with van der Waals surface area (Å²) in [5.41, 5.74) is 1.61. The monoisotopic (exact) mass is 403 g/mol. The number of anilines is 1. The average Bonchev–Trinajstić information content (AvgIpc) is 3.04. The Labute approximate surface area is 162 Å². The first-order valence-electron chi connectivity index (χ1n) is 8.52. The van der Waals surface area contributed by atoms with Gasteiger partial charge in [-0.25, -0.2) is 17.7 Å². The summed E-state index contributed by atoms with van der Waals surface area (Å²) < 4.78 is 26.5. The summed E-state index contributed by atoms with van der Waals surface area (Å²) in [4.78, 5) is 17.3. The van der Waals surface area contributed by atoms with Gasteiger partial charge in [-0.1, -0.05) is 48.6 Å². The number of carbonyl (C=O) groups is 1. The SMILES string of the molecule is CCC(C(=O)Nc1nc2ccc(S(=O)(=O)N(C)C)cc2s1)c1ccccc1. The Morgan fingerprint density at radius 2 is 1.89 bits per heavy atom. The van der Waals surface area contributed by atoms with E-state index in [0.717, 1.165) is 5.56 Å². The summed E-state index contributed by atoms with van der Waals surface area (Å²) in [7, 11) is -0.526. The predicted octanol–water partition coefficient (Wildman–Crippen LogP) is 3.68. The van der Waals surface area contributed by atoms with Gasteiger partial charge in [0.2, 0.25) is 15.9 Å². The lowest BCUT2D eigenvalue weighted by Crippen LogP contribution is -2.22. The molecule has 3 aromatic rings. The molecule has 1 aromatic heterocycles. The highest BCUT2D eigenvalue weighted by Crippen LogP contribution is 2.30. The van der Waals surface area contributed by atoms with Gasteiger partial charge in [0.25, 0.3) is 0 Å². The van der Waals surface area contributed by atoms with E-state index in [9.17, 15) is 13.2 Å². The van der Waals surface area contributed by atoms with Crippen LogP contribution in [0.5, 0.6) is 0 Å². The molecule has 0 aliphatic carbocycles. The van der Waals surface area contributed by atoms with Crippen molar-refractivity contribution in [2.24, 2.45) is 0 Å². The number of hydrogen-bond donors (Lipinski definition) is 1. The molecule has 1 atom stereocenters. The molecule has 0 aliphatic rings. The normalized spacial score (nSPS) is 13.0. The Balaban J connectivity index is 1.86. The summed E-state index contributed by atoms with van der Waals surface area (Å²) in [5, 5.41) is 3.33. The van der Waals surface area contributed by atoms with Gasteiger partial charge >= 0.3 is 0 Å². The molecule has 0 radical (unpaired) electrons. The van der Waals surface area contributed by atoms with Crippen LogP contribution in [0.4, 0.5) is 5.13 Å². The van der Waals surface area contributed by atoms with E-state index in [-0.39, 0.29) is 16.7 Å². The quantitative estimate of drug-likeness (QED) is 0.681. The zero-order valence-corrected chi connectivity index (χ0v) is 17.0. The fourth-order valence-electron chi connectivity index (χ4n) is 2.78. The van der Waals surface area contributed by atoms with E-state index in [0.29, 0.717) is 21.8 Å². The molecule has 0 fully saturated rings. The van der Waals surface area contributed by atoms with E-state index in [1.807, 2.05) is 37.3 Å². The van der Waals surface area contributed by atoms with Gasteiger partial charge in [-0.3, -0.25) is 4.79 Å². The fraction of sp³-hybridized carbons (Fsp3) is 0.263. The summed E-state index contributed by atoms with van der Waals surface area (Å²) in [6.45, 7) is 1.97. The Kier molecular flexibility index (Phi) is 5.59. The molecule has 1 amide bonds. The average molecular weight is 404 g/mol. The predicted molar refractivity (Wildman–Crippen MR) is 109 cm³/mol. The maximum absolute atomic E-state index is 12.7. The van der Waals surface area contributed by atoms with Crippen molar-refractivity contribution < 1.29 is 13.2 Å². The molecule has 3 rings (SSSR count). The molecule has 6 nitrogen and oxygen atoms in total. The van der Waals surface area contributed by atoms with Gasteiger partial charge in [-0.05, 0) is 30.2 Å². The number of fused-ring (bicyclic) bond motifs is 1. The Morgan fingerprint density at radius 3 is 2.52 bits per heavy atom. The lowest BCUT2D eigenvalue weighted by atomic mass is 9.96. The first-order valence-corrected chi connectivity index (χ1v) is 10.8. The minimum absolute atomic E-state index is 0.121. The molecular weight excluding hydrogens is 382 g/mol. The number of carbonyl (C=O) groups excluding carboxylic acids is 1. The van der Waals surface area contributed by atoms with Gasteiger partial charge in [0.1, 0.15) is 0 Å². The van der Waals surface area contributed by atoms with Crippen LogP contribution in [0.3, 0.4) is 0 Å². The van der Waals surface area contributed by atoms with Crippen LogP contribution in [-0.2, 0) is 14.8 Å². The molecule has 0 saturated carbocycles. The smallest absolute Gasteiger partial charge is 0.242 e. The number of thiazole rings is 1. The second kappa shape index (κ2) is 7.75. The molecule has 142 valence electrons. The van der Waals surface area contributed by atoms with E-state index in [1.54, 1.807) is 12.1 Å². The third kappa shape index (κ3) is 4.02. The maximum atomic E-state index is 12.7. The fourth-order valence-corrected chi connectivity index (χ4v) is 4.69. The first kappa shape index (κ1) is 19.5. The zero-order chi connectivity index (χ0) is 19.6. The highest BCUT2D eigenvalue weighted by molar-refractivity contribution is 7.89. The largest absolute Gasteiger partial charge is 0.301 e. The van der Waals surface area contributed by atoms with Crippen molar-refractivity contribution in [2.75, 3.05) is 19.4 Å². The lowest BCUT2D eigenvalue weighted by Gasteiger charge is -2.13. The third-order valence-corrected chi connectivity index (χ3v) is 7.04. The number of nitrogens with zero attached hydrogens (tertiary/aromatic N) is 2. The molecule has 2 aromatic carbocycles. The summed E-state index contributed by atoms with van der Waals surface area (Å²) in [5.74, 6) is -0.383. The Bertz CT molecular complexity index is 1060. The van der Waals surface area contributed by atoms with E-state index < -0.39 is 10.0 Å². The second-order valence-corrected chi connectivity index (χ2v) is 9.48. The molecule has 1 heterocycles. The van der Waals surface area contributed by atoms with E-state index >= 15 is 0 Å². The van der Waals surface area contributed by atoms with E-state index in [2.05, 4.69) is 10.3 Å². The summed E-state index contributed by atoms with van der Waals surface area (Å²) in [6.07, 6.45) is 0.673. The molecule has 1 N–H and O–H groups in total. The first-order chi connectivity index (χ1) is 12.8. The van der Waals surface area contributed by atoms with Gasteiger partial charge < -0.3 is 5.32 Å². The summed E-state index contributed by atoms with van der Waals surface area (Å²) >= 11 is 1.26. The van der Waals surface area contributed by atoms with Crippen molar-refractivity contribution in [2.45, 2.75) is 24.2 Å². The van der Waals surface area contributed by atoms with Crippen LogP contribution in [-0.4, -0.2) is 37.7 Å². The van der Waals surface area contributed by atoms with Crippen LogP contribution in [0.1, 0.15) is 24.8 Å². The number of hydrogen-bond acceptors (Lipinski definition) is 5. The van der Waals surface area contributed by atoms with Crippen LogP contribution in [0, 0.1) is 0 Å². The minimum atomic E-state index is -3.51. The van der Waals surface area contributed by atoms with Crippen molar-refractivity contribution in [1.82, 2.24) is 9.29 Å². The van der Waals surface area contributed by atoms with Crippen molar-refractivity contribution in [1.29, 1.82) is 0 Å². The van der Waals surface area contributed by atoms with Crippen molar-refractivity contribution >= 4 is 42.6 Å². The Morgan fingerprint density at radius 1 is 1.19 bits per heavy atom. The third-order valence-electron chi connectivity index (χ3n) is 4.30. The van der Waals surface area contributed by atoms with Crippen LogP contribution in [0.15, 0.2) is 53.4 Å². The number of aromatic nitrogens is 1. The Hall–Kier alpha value is -2.29. The number of nitrogens with one attached hydrogen (secondary N) is 1. The summed E-state index contributed by atoms with van der Waals surface area (Å²) in [6, 6.07) is 14.4. The zero-order valence-electron chi connectivity index (χ0n) is 15.3. The number of benzene rings is 2. The molecule has 1 unspecified atom stereocenters. The van der Waals surface area contributed by atoms with Crippen LogP contribution in [0.2, 0.25) is 0 Å². The number of rotatable bonds is 6. The van der Waals surface area contributed by atoms with Crippen molar-refractivity contribution in [3.8, 4) is 0 Å². The molecule has 0 aliphatic heterocycles. The standard InChI is InChI=1S/C19H21N3O3S2/c1-4-15(13-8-6-5-7-9-13)18(23)21-19-20-16-11-10-14(12-17(16)26-19)27(24,25)22(2)3/h5-12,15H,4H2,1-3H3,(H,20,21,23). The molecule has 0 bridgehead atoms. The van der Waals surface area contributed by atoms with Crippen molar-refractivity contribution in [3.05, 3.63) is 54.1 Å². The van der Waals surface area contributed by atoms with Gasteiger partial charge in [0.05, 0.1) is 21.0 Å². The molecule has 8 heteroatoms. The number of amides is 1. The van der Waals surface area contributed by atoms with Gasteiger partial charge in [0, 0.05) is 14.1 Å². The molecular formula is C19H21N3O3S2. The topological polar surface area (TPSA) is 79.4 Å². The maximum Gasteiger partial charge on any atom is 0.242 e. The van der Waals surface area contributed by atoms with Crippen LogP contribution >= 0.6 is 11.3 Å². The second-order valence-electron chi connectivity index (χ2n) is 6.30. The van der Waals surface area contributed by atoms with Crippen LogP contribution in [0.25, 0.3) is 10.2 Å². The van der Waals surface area contributed by atoms with Gasteiger partial charge in [-0.15, -0.1) is 0 Å². The van der Waals surface area contributed by atoms with E-state index in [1.165, 1.54) is 35.8 Å². The molecule has 0 saturated heterocycles. The van der Waals surface area contributed by atoms with Gasteiger partial charge in [-0.2, -0.15) is 0 Å². The molecule has 27 heavy (non-hydrogen) atoms. The highest BCUT2D eigenvalue weighted by Gasteiger charge is 2.21. The van der Waals surface area contributed by atoms with Crippen LogP contribution < -0.4 is 5.32 Å². The molecule has 0 spiro atoms. The van der Waals surface area contributed by atoms with Gasteiger partial charge in [0.15, 0.2) is 5.13 Å². The highest BCUT2D eigenvalue weighted by atomic mass is 32.2. The minimum Gasteiger partial charge on any atom is -0.301 e.